The van der Waals surface area contributed by atoms with Crippen molar-refractivity contribution in [2.45, 2.75) is 26.6 Å². The summed E-state index contributed by atoms with van der Waals surface area (Å²) in [4.78, 5) is 12.8. The Hall–Kier alpha value is -1.76. The molecule has 0 fully saturated rings. The molecule has 0 spiro atoms. The maximum Gasteiger partial charge on any atom is 0.416 e. The summed E-state index contributed by atoms with van der Waals surface area (Å²) in [6, 6.07) is 3.35. The third-order valence-corrected chi connectivity index (χ3v) is 2.90. The zero-order valence-corrected chi connectivity index (χ0v) is 12.1. The Morgan fingerprint density at radius 3 is 2.38 bits per heavy atom. The van der Waals surface area contributed by atoms with Gasteiger partial charge in [-0.2, -0.15) is 13.2 Å². The Balaban J connectivity index is 3.21. The molecule has 1 amide bonds. The van der Waals surface area contributed by atoms with E-state index in [1.165, 1.54) is 6.07 Å². The standard InChI is InChI=1S/C14H20F3N3O/c1-9(2)7-20(8-13(19)21)12-4-3-11(14(15,16)17)5-10(12)6-18/h3-5,9H,6-8,18H2,1-2H3,(H2,19,21). The third kappa shape index (κ3) is 4.93. The molecule has 0 radical (unpaired) electrons. The van der Waals surface area contributed by atoms with Crippen molar-refractivity contribution in [2.75, 3.05) is 18.0 Å². The van der Waals surface area contributed by atoms with Crippen LogP contribution in [-0.2, 0) is 17.5 Å². The second-order valence-corrected chi connectivity index (χ2v) is 5.29. The highest BCUT2D eigenvalue weighted by atomic mass is 19.4. The van der Waals surface area contributed by atoms with E-state index in [9.17, 15) is 18.0 Å². The van der Waals surface area contributed by atoms with Crippen molar-refractivity contribution in [3.05, 3.63) is 29.3 Å². The number of alkyl halides is 3. The Bertz CT molecular complexity index is 501. The quantitative estimate of drug-likeness (QED) is 0.845. The summed E-state index contributed by atoms with van der Waals surface area (Å²) in [6.07, 6.45) is -4.42. The summed E-state index contributed by atoms with van der Waals surface area (Å²) in [6.45, 7) is 4.28. The van der Waals surface area contributed by atoms with E-state index in [1.807, 2.05) is 13.8 Å². The fourth-order valence-corrected chi connectivity index (χ4v) is 2.11. The van der Waals surface area contributed by atoms with E-state index in [1.54, 1.807) is 4.90 Å². The number of halogens is 3. The smallest absolute Gasteiger partial charge is 0.368 e. The predicted molar refractivity (Wildman–Crippen MR) is 75.6 cm³/mol. The van der Waals surface area contributed by atoms with Gasteiger partial charge >= 0.3 is 6.18 Å². The minimum absolute atomic E-state index is 0.0490. The average molecular weight is 303 g/mol. The van der Waals surface area contributed by atoms with Crippen LogP contribution >= 0.6 is 0 Å². The van der Waals surface area contributed by atoms with Crippen LogP contribution in [0, 0.1) is 5.92 Å². The maximum atomic E-state index is 12.7. The van der Waals surface area contributed by atoms with Crippen molar-refractivity contribution in [3.8, 4) is 0 Å². The van der Waals surface area contributed by atoms with Crippen LogP contribution in [0.3, 0.4) is 0 Å². The normalized spacial score (nSPS) is 11.8. The molecule has 0 aliphatic rings. The number of hydrogen-bond acceptors (Lipinski definition) is 3. The Morgan fingerprint density at radius 2 is 1.95 bits per heavy atom. The number of amides is 1. The molecule has 0 bridgehead atoms. The Labute approximate surface area is 121 Å². The second-order valence-electron chi connectivity index (χ2n) is 5.29. The van der Waals surface area contributed by atoms with Gasteiger partial charge in [-0.05, 0) is 29.7 Å². The molecule has 4 nitrogen and oxygen atoms in total. The van der Waals surface area contributed by atoms with Crippen molar-refractivity contribution in [3.63, 3.8) is 0 Å². The van der Waals surface area contributed by atoms with Gasteiger partial charge in [0.2, 0.25) is 5.91 Å². The third-order valence-electron chi connectivity index (χ3n) is 2.90. The first kappa shape index (κ1) is 17.3. The number of benzene rings is 1. The van der Waals surface area contributed by atoms with Gasteiger partial charge in [-0.25, -0.2) is 0 Å². The van der Waals surface area contributed by atoms with Crippen molar-refractivity contribution in [1.29, 1.82) is 0 Å². The number of hydrogen-bond donors (Lipinski definition) is 2. The highest BCUT2D eigenvalue weighted by Gasteiger charge is 2.31. The lowest BCUT2D eigenvalue weighted by Gasteiger charge is -2.28. The molecule has 0 unspecified atom stereocenters. The lowest BCUT2D eigenvalue weighted by atomic mass is 10.1. The number of primary amides is 1. The van der Waals surface area contributed by atoms with Crippen LogP contribution in [-0.4, -0.2) is 19.0 Å². The molecule has 0 aliphatic carbocycles. The molecule has 0 saturated carbocycles. The monoisotopic (exact) mass is 303 g/mol. The van der Waals surface area contributed by atoms with Gasteiger partial charge in [0.25, 0.3) is 0 Å². The summed E-state index contributed by atoms with van der Waals surface area (Å²) < 4.78 is 38.2. The van der Waals surface area contributed by atoms with E-state index in [0.717, 1.165) is 12.1 Å². The van der Waals surface area contributed by atoms with Crippen LogP contribution < -0.4 is 16.4 Å². The molecule has 0 atom stereocenters. The summed E-state index contributed by atoms with van der Waals surface area (Å²) in [5.74, 6) is -0.323. The van der Waals surface area contributed by atoms with Crippen LogP contribution in [0.5, 0.6) is 0 Å². The number of anilines is 1. The van der Waals surface area contributed by atoms with Crippen molar-refractivity contribution >= 4 is 11.6 Å². The minimum Gasteiger partial charge on any atom is -0.368 e. The van der Waals surface area contributed by atoms with E-state index >= 15 is 0 Å². The zero-order valence-electron chi connectivity index (χ0n) is 12.1. The summed E-state index contributed by atoms with van der Waals surface area (Å²) in [5.41, 5.74) is 10.9. The molecule has 7 heteroatoms. The molecule has 0 aliphatic heterocycles. The van der Waals surface area contributed by atoms with Gasteiger partial charge in [-0.1, -0.05) is 13.8 Å². The summed E-state index contributed by atoms with van der Waals surface area (Å²) >= 11 is 0. The van der Waals surface area contributed by atoms with Gasteiger partial charge in [0.1, 0.15) is 0 Å². The van der Waals surface area contributed by atoms with E-state index in [-0.39, 0.29) is 19.0 Å². The Morgan fingerprint density at radius 1 is 1.33 bits per heavy atom. The van der Waals surface area contributed by atoms with Crippen LogP contribution in [0.15, 0.2) is 18.2 Å². The van der Waals surface area contributed by atoms with Gasteiger partial charge in [-0.3, -0.25) is 4.79 Å². The molecule has 0 saturated heterocycles. The van der Waals surface area contributed by atoms with Gasteiger partial charge in [0.05, 0.1) is 12.1 Å². The SMILES string of the molecule is CC(C)CN(CC(N)=O)c1ccc(C(F)(F)F)cc1CN. The molecular formula is C14H20F3N3O. The Kier molecular flexibility index (Phi) is 5.60. The van der Waals surface area contributed by atoms with Gasteiger partial charge in [-0.15, -0.1) is 0 Å². The topological polar surface area (TPSA) is 72.3 Å². The van der Waals surface area contributed by atoms with Crippen LogP contribution in [0.1, 0.15) is 25.0 Å². The van der Waals surface area contributed by atoms with Crippen molar-refractivity contribution < 1.29 is 18.0 Å². The highest BCUT2D eigenvalue weighted by Crippen LogP contribution is 2.33. The van der Waals surface area contributed by atoms with Crippen LogP contribution in [0.4, 0.5) is 18.9 Å². The molecule has 0 aromatic heterocycles. The van der Waals surface area contributed by atoms with E-state index < -0.39 is 17.6 Å². The highest BCUT2D eigenvalue weighted by molar-refractivity contribution is 5.80. The molecule has 1 aromatic rings. The number of nitrogens with two attached hydrogens (primary N) is 2. The molecule has 4 N–H and O–H groups in total. The molecule has 0 heterocycles. The zero-order chi connectivity index (χ0) is 16.2. The van der Waals surface area contributed by atoms with E-state index in [2.05, 4.69) is 0 Å². The fraction of sp³-hybridized carbons (Fsp3) is 0.500. The maximum absolute atomic E-state index is 12.7. The average Bonchev–Trinajstić information content (AvgIpc) is 2.35. The molecule has 1 aromatic carbocycles. The van der Waals surface area contributed by atoms with E-state index in [4.69, 9.17) is 11.5 Å². The van der Waals surface area contributed by atoms with Crippen molar-refractivity contribution in [1.82, 2.24) is 0 Å². The predicted octanol–water partition coefficient (Wildman–Crippen LogP) is 2.11. The number of carbonyl (C=O) groups is 1. The second kappa shape index (κ2) is 6.80. The van der Waals surface area contributed by atoms with Crippen LogP contribution in [0.25, 0.3) is 0 Å². The van der Waals surface area contributed by atoms with E-state index in [0.29, 0.717) is 17.8 Å². The van der Waals surface area contributed by atoms with Gasteiger partial charge in [0, 0.05) is 18.8 Å². The molecule has 21 heavy (non-hydrogen) atoms. The fourth-order valence-electron chi connectivity index (χ4n) is 2.11. The largest absolute Gasteiger partial charge is 0.416 e. The first-order chi connectivity index (χ1) is 9.65. The van der Waals surface area contributed by atoms with Gasteiger partial charge in [0.15, 0.2) is 0 Å². The minimum atomic E-state index is -4.42. The first-order valence-corrected chi connectivity index (χ1v) is 6.58. The molecule has 118 valence electrons. The molecule has 1 rings (SSSR count). The van der Waals surface area contributed by atoms with Gasteiger partial charge < -0.3 is 16.4 Å². The number of carbonyl (C=O) groups excluding carboxylic acids is 1. The first-order valence-electron chi connectivity index (χ1n) is 6.58. The lowest BCUT2D eigenvalue weighted by Crippen LogP contribution is -2.37. The van der Waals surface area contributed by atoms with Crippen molar-refractivity contribution in [2.24, 2.45) is 17.4 Å². The number of nitrogens with zero attached hydrogens (tertiary/aromatic N) is 1. The number of rotatable bonds is 6. The lowest BCUT2D eigenvalue weighted by molar-refractivity contribution is -0.137. The van der Waals surface area contributed by atoms with Crippen LogP contribution in [0.2, 0.25) is 0 Å². The summed E-state index contributed by atoms with van der Waals surface area (Å²) in [7, 11) is 0. The summed E-state index contributed by atoms with van der Waals surface area (Å²) in [5, 5.41) is 0. The molecular weight excluding hydrogens is 283 g/mol.